The van der Waals surface area contributed by atoms with Crippen LogP contribution < -0.4 is 5.32 Å². The monoisotopic (exact) mass is 377 g/mol. The smallest absolute Gasteiger partial charge is 0.272 e. The van der Waals surface area contributed by atoms with Crippen LogP contribution in [0.5, 0.6) is 0 Å². The molecule has 0 fully saturated rings. The van der Waals surface area contributed by atoms with Gasteiger partial charge in [0.1, 0.15) is 5.69 Å². The zero-order valence-electron chi connectivity index (χ0n) is 16.2. The number of aromatic nitrogens is 1. The number of hydrogen-bond donors (Lipinski definition) is 1. The summed E-state index contributed by atoms with van der Waals surface area (Å²) in [6.07, 6.45) is 1.75. The molecule has 6 nitrogen and oxygen atoms in total. The maximum Gasteiger partial charge on any atom is 0.272 e. The fourth-order valence-electron chi connectivity index (χ4n) is 3.40. The summed E-state index contributed by atoms with van der Waals surface area (Å²) < 4.78 is 1.93. The highest BCUT2D eigenvalue weighted by Crippen LogP contribution is 2.30. The molecule has 2 aromatic carbocycles. The quantitative estimate of drug-likeness (QED) is 0.354. The van der Waals surface area contributed by atoms with E-state index in [4.69, 9.17) is 0 Å². The first-order chi connectivity index (χ1) is 13.3. The van der Waals surface area contributed by atoms with E-state index in [0.29, 0.717) is 23.8 Å². The maximum atomic E-state index is 13.1. The summed E-state index contributed by atoms with van der Waals surface area (Å²) in [5.41, 5.74) is 3.90. The van der Waals surface area contributed by atoms with Gasteiger partial charge in [0, 0.05) is 35.3 Å². The van der Waals surface area contributed by atoms with Gasteiger partial charge in [-0.05, 0) is 42.2 Å². The van der Waals surface area contributed by atoms with Gasteiger partial charge in [0.2, 0.25) is 0 Å². The van der Waals surface area contributed by atoms with Gasteiger partial charge >= 0.3 is 0 Å². The molecule has 3 aromatic rings. The lowest BCUT2D eigenvalue weighted by molar-refractivity contribution is -0.384. The van der Waals surface area contributed by atoms with E-state index in [1.54, 1.807) is 18.2 Å². The van der Waals surface area contributed by atoms with Crippen LogP contribution in [0.3, 0.4) is 0 Å². The number of non-ortho nitro benzene ring substituents is 1. The first kappa shape index (κ1) is 19.4. The number of hydrogen-bond acceptors (Lipinski definition) is 3. The Morgan fingerprint density at radius 1 is 1.29 bits per heavy atom. The predicted molar refractivity (Wildman–Crippen MR) is 112 cm³/mol. The summed E-state index contributed by atoms with van der Waals surface area (Å²) in [4.78, 5) is 23.6. The van der Waals surface area contributed by atoms with Crippen LogP contribution in [0.2, 0.25) is 0 Å². The van der Waals surface area contributed by atoms with Crippen molar-refractivity contribution in [3.63, 3.8) is 0 Å². The lowest BCUT2D eigenvalue weighted by atomic mass is 10.0. The summed E-state index contributed by atoms with van der Waals surface area (Å²) in [5, 5.41) is 14.8. The van der Waals surface area contributed by atoms with E-state index in [9.17, 15) is 14.9 Å². The standard InChI is InChI=1S/C22H23N3O3/c1-5-11-24-20-10-9-16(14(2)3)12-19(20)15(4)21(24)22(26)23-17-7-6-8-18(13-17)25(27)28/h5-10,12-14H,1,11H2,2-4H3,(H,23,26). The Morgan fingerprint density at radius 3 is 2.68 bits per heavy atom. The van der Waals surface area contributed by atoms with E-state index in [2.05, 4.69) is 37.9 Å². The second-order valence-electron chi connectivity index (χ2n) is 7.07. The van der Waals surface area contributed by atoms with Crippen LogP contribution in [-0.2, 0) is 6.54 Å². The molecule has 0 bridgehead atoms. The van der Waals surface area contributed by atoms with Gasteiger partial charge in [-0.3, -0.25) is 14.9 Å². The normalized spacial score (nSPS) is 11.0. The number of fused-ring (bicyclic) bond motifs is 1. The van der Waals surface area contributed by atoms with Gasteiger partial charge in [-0.1, -0.05) is 32.1 Å². The molecule has 0 saturated carbocycles. The average molecular weight is 377 g/mol. The van der Waals surface area contributed by atoms with Gasteiger partial charge in [0.15, 0.2) is 0 Å². The summed E-state index contributed by atoms with van der Waals surface area (Å²) in [5.74, 6) is 0.0795. The Kier molecular flexibility index (Phi) is 5.31. The molecule has 0 aliphatic heterocycles. The number of nitrogens with one attached hydrogen (secondary N) is 1. The van der Waals surface area contributed by atoms with E-state index in [0.717, 1.165) is 16.5 Å². The van der Waals surface area contributed by atoms with Crippen LogP contribution in [-0.4, -0.2) is 15.4 Å². The molecule has 0 spiro atoms. The van der Waals surface area contributed by atoms with Crippen molar-refractivity contribution >= 4 is 28.2 Å². The van der Waals surface area contributed by atoms with Crippen molar-refractivity contribution in [2.45, 2.75) is 33.2 Å². The van der Waals surface area contributed by atoms with E-state index in [1.165, 1.54) is 17.7 Å². The van der Waals surface area contributed by atoms with Crippen molar-refractivity contribution in [2.75, 3.05) is 5.32 Å². The highest BCUT2D eigenvalue weighted by molar-refractivity contribution is 6.08. The number of benzene rings is 2. The number of rotatable bonds is 6. The Hall–Kier alpha value is -3.41. The number of nitro groups is 1. The molecule has 1 N–H and O–H groups in total. The molecule has 3 rings (SSSR count). The number of amides is 1. The van der Waals surface area contributed by atoms with Crippen molar-refractivity contribution in [2.24, 2.45) is 0 Å². The fraction of sp³-hybridized carbons (Fsp3) is 0.227. The van der Waals surface area contributed by atoms with E-state index in [-0.39, 0.29) is 11.6 Å². The highest BCUT2D eigenvalue weighted by atomic mass is 16.6. The molecule has 6 heteroatoms. The molecule has 0 atom stereocenters. The van der Waals surface area contributed by atoms with Crippen LogP contribution in [0.4, 0.5) is 11.4 Å². The minimum Gasteiger partial charge on any atom is -0.332 e. The van der Waals surface area contributed by atoms with E-state index < -0.39 is 4.92 Å². The second-order valence-corrected chi connectivity index (χ2v) is 7.07. The van der Waals surface area contributed by atoms with Crippen LogP contribution in [0, 0.1) is 17.0 Å². The topological polar surface area (TPSA) is 77.2 Å². The van der Waals surface area contributed by atoms with Crippen molar-refractivity contribution in [1.29, 1.82) is 0 Å². The van der Waals surface area contributed by atoms with Crippen molar-refractivity contribution in [3.05, 3.63) is 82.1 Å². The molecule has 0 unspecified atom stereocenters. The average Bonchev–Trinajstić information content (AvgIpc) is 2.94. The SMILES string of the molecule is C=CCn1c(C(=O)Nc2cccc([N+](=O)[O-])c2)c(C)c2cc(C(C)C)ccc21. The Bertz CT molecular complexity index is 1080. The largest absolute Gasteiger partial charge is 0.332 e. The molecule has 1 heterocycles. The molecule has 1 aromatic heterocycles. The maximum absolute atomic E-state index is 13.1. The number of carbonyl (C=O) groups is 1. The molecule has 0 aliphatic carbocycles. The van der Waals surface area contributed by atoms with Gasteiger partial charge < -0.3 is 9.88 Å². The van der Waals surface area contributed by atoms with Gasteiger partial charge in [-0.2, -0.15) is 0 Å². The number of anilines is 1. The molecule has 0 radical (unpaired) electrons. The first-order valence-corrected chi connectivity index (χ1v) is 9.13. The molecule has 144 valence electrons. The molecular formula is C22H23N3O3. The fourth-order valence-corrected chi connectivity index (χ4v) is 3.40. The molecule has 0 saturated heterocycles. The minimum absolute atomic E-state index is 0.0669. The Balaban J connectivity index is 2.08. The lowest BCUT2D eigenvalue weighted by Gasteiger charge is -2.10. The first-order valence-electron chi connectivity index (χ1n) is 9.13. The van der Waals surface area contributed by atoms with E-state index >= 15 is 0 Å². The molecule has 0 aliphatic rings. The van der Waals surface area contributed by atoms with Gasteiger partial charge in [0.25, 0.3) is 11.6 Å². The number of carbonyl (C=O) groups excluding carboxylic acids is 1. The Labute approximate surface area is 163 Å². The van der Waals surface area contributed by atoms with Gasteiger partial charge in [0.05, 0.1) is 4.92 Å². The van der Waals surface area contributed by atoms with Gasteiger partial charge in [-0.25, -0.2) is 0 Å². The van der Waals surface area contributed by atoms with Crippen LogP contribution >= 0.6 is 0 Å². The second kappa shape index (κ2) is 7.68. The third-order valence-electron chi connectivity index (χ3n) is 4.85. The van der Waals surface area contributed by atoms with E-state index in [1.807, 2.05) is 17.6 Å². The zero-order chi connectivity index (χ0) is 20.4. The third-order valence-corrected chi connectivity index (χ3v) is 4.85. The van der Waals surface area contributed by atoms with Crippen LogP contribution in [0.15, 0.2) is 55.1 Å². The van der Waals surface area contributed by atoms with Crippen molar-refractivity contribution < 1.29 is 9.72 Å². The summed E-state index contributed by atoms with van der Waals surface area (Å²) in [6.45, 7) is 10.5. The number of aryl methyl sites for hydroxylation is 1. The number of allylic oxidation sites excluding steroid dienone is 1. The predicted octanol–water partition coefficient (Wildman–Crippen LogP) is 5.42. The summed E-state index contributed by atoms with van der Waals surface area (Å²) >= 11 is 0. The minimum atomic E-state index is -0.483. The Morgan fingerprint density at radius 2 is 2.04 bits per heavy atom. The summed E-state index contributed by atoms with van der Waals surface area (Å²) in [6, 6.07) is 12.2. The number of nitrogens with zero attached hydrogens (tertiary/aromatic N) is 2. The van der Waals surface area contributed by atoms with Crippen LogP contribution in [0.1, 0.15) is 41.4 Å². The number of nitro benzene ring substituents is 1. The highest BCUT2D eigenvalue weighted by Gasteiger charge is 2.21. The third kappa shape index (κ3) is 3.53. The lowest BCUT2D eigenvalue weighted by Crippen LogP contribution is -2.18. The van der Waals surface area contributed by atoms with Crippen molar-refractivity contribution in [1.82, 2.24) is 4.57 Å². The van der Waals surface area contributed by atoms with Crippen molar-refractivity contribution in [3.8, 4) is 0 Å². The molecule has 28 heavy (non-hydrogen) atoms. The molecule has 1 amide bonds. The zero-order valence-corrected chi connectivity index (χ0v) is 16.2. The summed E-state index contributed by atoms with van der Waals surface area (Å²) in [7, 11) is 0. The molecular weight excluding hydrogens is 354 g/mol. The van der Waals surface area contributed by atoms with Crippen LogP contribution in [0.25, 0.3) is 10.9 Å². The van der Waals surface area contributed by atoms with Gasteiger partial charge in [-0.15, -0.1) is 6.58 Å².